The van der Waals surface area contributed by atoms with Crippen molar-refractivity contribution >= 4 is 21.8 Å². The molecule has 2 aliphatic rings. The number of amides is 1. The van der Waals surface area contributed by atoms with Gasteiger partial charge in [-0.3, -0.25) is 4.79 Å². The molecule has 3 unspecified atom stereocenters. The maximum atomic E-state index is 11.7. The Bertz CT molecular complexity index is 228. The summed E-state index contributed by atoms with van der Waals surface area (Å²) in [6.45, 7) is 3.82. The summed E-state index contributed by atoms with van der Waals surface area (Å²) in [4.78, 5) is 13.7. The molecular weight excluding hydrogens is 246 g/mol. The van der Waals surface area contributed by atoms with Gasteiger partial charge in [-0.2, -0.15) is 0 Å². The van der Waals surface area contributed by atoms with E-state index >= 15 is 0 Å². The molecule has 2 heterocycles. The molecule has 1 amide bonds. The summed E-state index contributed by atoms with van der Waals surface area (Å²) in [5.41, 5.74) is 0. The number of rotatable bonds is 2. The molecule has 0 aromatic carbocycles. The van der Waals surface area contributed by atoms with Gasteiger partial charge in [-0.1, -0.05) is 15.9 Å². The first-order valence-corrected chi connectivity index (χ1v) is 6.18. The minimum Gasteiger partial charge on any atom is -0.376 e. The van der Waals surface area contributed by atoms with Gasteiger partial charge in [0.1, 0.15) is 0 Å². The Morgan fingerprint density at radius 2 is 2.36 bits per heavy atom. The van der Waals surface area contributed by atoms with Gasteiger partial charge < -0.3 is 9.64 Å². The third-order valence-electron chi connectivity index (χ3n) is 3.17. The highest BCUT2D eigenvalue weighted by Crippen LogP contribution is 2.26. The molecule has 2 saturated heterocycles. The van der Waals surface area contributed by atoms with Crippen LogP contribution >= 0.6 is 15.9 Å². The quantitative estimate of drug-likeness (QED) is 0.707. The van der Waals surface area contributed by atoms with Crippen LogP contribution in [0.15, 0.2) is 0 Å². The van der Waals surface area contributed by atoms with Crippen LogP contribution in [0.3, 0.4) is 0 Å². The third-order valence-corrected chi connectivity index (χ3v) is 4.02. The Balaban J connectivity index is 1.97. The molecule has 0 saturated carbocycles. The molecule has 2 fully saturated rings. The number of halogens is 1. The van der Waals surface area contributed by atoms with E-state index in [-0.39, 0.29) is 22.9 Å². The maximum Gasteiger partial charge on any atom is 0.236 e. The van der Waals surface area contributed by atoms with E-state index in [1.807, 2.05) is 4.90 Å². The van der Waals surface area contributed by atoms with Crippen LogP contribution in [0, 0.1) is 0 Å². The zero-order valence-corrected chi connectivity index (χ0v) is 10.00. The van der Waals surface area contributed by atoms with Crippen molar-refractivity contribution in [3.63, 3.8) is 0 Å². The lowest BCUT2D eigenvalue weighted by Gasteiger charge is -2.28. The second kappa shape index (κ2) is 4.19. The molecule has 2 rings (SSSR count). The van der Waals surface area contributed by atoms with Crippen LogP contribution in [0.5, 0.6) is 0 Å². The zero-order chi connectivity index (χ0) is 10.1. The Morgan fingerprint density at radius 3 is 2.86 bits per heavy atom. The van der Waals surface area contributed by atoms with Crippen molar-refractivity contribution in [3.05, 3.63) is 0 Å². The van der Waals surface area contributed by atoms with Gasteiger partial charge in [0.05, 0.1) is 17.0 Å². The minimum absolute atomic E-state index is 0.0337. The van der Waals surface area contributed by atoms with Gasteiger partial charge in [-0.15, -0.1) is 0 Å². The summed E-state index contributed by atoms with van der Waals surface area (Å²) in [6, 6.07) is 0.243. The Hall–Kier alpha value is -0.0900. The number of carbonyl (C=O) groups is 1. The minimum atomic E-state index is 0.0337. The number of likely N-dealkylation sites (tertiary alicyclic amines) is 1. The van der Waals surface area contributed by atoms with E-state index in [0.717, 1.165) is 32.4 Å². The molecule has 3 nitrogen and oxygen atoms in total. The molecule has 0 spiro atoms. The first-order chi connectivity index (χ1) is 6.70. The Labute approximate surface area is 92.9 Å². The highest BCUT2D eigenvalue weighted by Gasteiger charge is 2.36. The van der Waals surface area contributed by atoms with E-state index in [4.69, 9.17) is 4.74 Å². The summed E-state index contributed by atoms with van der Waals surface area (Å²) in [6.07, 6.45) is 3.42. The van der Waals surface area contributed by atoms with Crippen LogP contribution in [0.4, 0.5) is 0 Å². The summed E-state index contributed by atoms with van der Waals surface area (Å²) >= 11 is 3.39. The van der Waals surface area contributed by atoms with Crippen molar-refractivity contribution < 1.29 is 9.53 Å². The van der Waals surface area contributed by atoms with Crippen molar-refractivity contribution in [2.45, 2.75) is 43.2 Å². The molecule has 4 heteroatoms. The first-order valence-electron chi connectivity index (χ1n) is 5.26. The number of hydrogen-bond donors (Lipinski definition) is 0. The fraction of sp³-hybridized carbons (Fsp3) is 0.900. The Kier molecular flexibility index (Phi) is 3.12. The summed E-state index contributed by atoms with van der Waals surface area (Å²) < 4.78 is 5.60. The molecule has 2 aliphatic heterocycles. The second-order valence-electron chi connectivity index (χ2n) is 4.08. The number of alkyl halides is 1. The van der Waals surface area contributed by atoms with E-state index in [1.54, 1.807) is 0 Å². The summed E-state index contributed by atoms with van der Waals surface area (Å²) in [5.74, 6) is 0.230. The van der Waals surface area contributed by atoms with Crippen molar-refractivity contribution in [2.24, 2.45) is 0 Å². The standard InChI is InChI=1S/C10H16BrNO2/c1-7(9-3-2-6-14-9)12-5-4-8(11)10(12)13/h7-9H,2-6H2,1H3. The van der Waals surface area contributed by atoms with Gasteiger partial charge >= 0.3 is 0 Å². The van der Waals surface area contributed by atoms with Gasteiger partial charge in [0, 0.05) is 13.2 Å². The number of nitrogens with zero attached hydrogens (tertiary/aromatic N) is 1. The molecule has 0 aromatic heterocycles. The van der Waals surface area contributed by atoms with E-state index in [1.165, 1.54) is 0 Å². The molecule has 80 valence electrons. The largest absolute Gasteiger partial charge is 0.376 e. The van der Waals surface area contributed by atoms with Crippen molar-refractivity contribution in [3.8, 4) is 0 Å². The van der Waals surface area contributed by atoms with Crippen molar-refractivity contribution in [1.82, 2.24) is 4.90 Å². The summed E-state index contributed by atoms with van der Waals surface area (Å²) in [5, 5.41) is 0. The molecule has 14 heavy (non-hydrogen) atoms. The van der Waals surface area contributed by atoms with Crippen LogP contribution in [0.1, 0.15) is 26.2 Å². The van der Waals surface area contributed by atoms with Crippen LogP contribution in [-0.2, 0) is 9.53 Å². The molecule has 0 radical (unpaired) electrons. The van der Waals surface area contributed by atoms with Gasteiger partial charge in [-0.05, 0) is 26.2 Å². The van der Waals surface area contributed by atoms with E-state index in [2.05, 4.69) is 22.9 Å². The normalized spacial score (nSPS) is 35.3. The number of carbonyl (C=O) groups excluding carboxylic acids is 1. The maximum absolute atomic E-state index is 11.7. The highest BCUT2D eigenvalue weighted by atomic mass is 79.9. The first kappa shape index (κ1) is 10.4. The molecule has 0 N–H and O–H groups in total. The van der Waals surface area contributed by atoms with E-state index in [9.17, 15) is 4.79 Å². The molecule has 0 aromatic rings. The average molecular weight is 262 g/mol. The van der Waals surface area contributed by atoms with E-state index < -0.39 is 0 Å². The van der Waals surface area contributed by atoms with Crippen molar-refractivity contribution in [1.29, 1.82) is 0 Å². The average Bonchev–Trinajstić information content (AvgIpc) is 2.77. The molecule has 0 bridgehead atoms. The van der Waals surface area contributed by atoms with Gasteiger partial charge in [0.2, 0.25) is 5.91 Å². The number of hydrogen-bond acceptors (Lipinski definition) is 2. The van der Waals surface area contributed by atoms with Crippen LogP contribution in [-0.4, -0.2) is 40.9 Å². The fourth-order valence-corrected chi connectivity index (χ4v) is 2.72. The van der Waals surface area contributed by atoms with Crippen molar-refractivity contribution in [2.75, 3.05) is 13.2 Å². The lowest BCUT2D eigenvalue weighted by atomic mass is 10.1. The Morgan fingerprint density at radius 1 is 1.57 bits per heavy atom. The second-order valence-corrected chi connectivity index (χ2v) is 5.19. The SMILES string of the molecule is CC(C1CCCO1)N1CCC(Br)C1=O. The fourth-order valence-electron chi connectivity index (χ4n) is 2.25. The van der Waals surface area contributed by atoms with Gasteiger partial charge in [0.15, 0.2) is 0 Å². The van der Waals surface area contributed by atoms with Gasteiger partial charge in [0.25, 0.3) is 0 Å². The highest BCUT2D eigenvalue weighted by molar-refractivity contribution is 9.10. The van der Waals surface area contributed by atoms with Crippen LogP contribution < -0.4 is 0 Å². The van der Waals surface area contributed by atoms with E-state index in [0.29, 0.717) is 0 Å². The predicted molar refractivity (Wildman–Crippen MR) is 57.5 cm³/mol. The lowest BCUT2D eigenvalue weighted by Crippen LogP contribution is -2.43. The zero-order valence-electron chi connectivity index (χ0n) is 8.41. The lowest BCUT2D eigenvalue weighted by molar-refractivity contribution is -0.131. The number of ether oxygens (including phenoxy) is 1. The topological polar surface area (TPSA) is 29.5 Å². The molecule has 3 atom stereocenters. The molecule has 0 aliphatic carbocycles. The smallest absolute Gasteiger partial charge is 0.236 e. The van der Waals surface area contributed by atoms with Gasteiger partial charge in [-0.25, -0.2) is 0 Å². The predicted octanol–water partition coefficient (Wildman–Crippen LogP) is 1.55. The third kappa shape index (κ3) is 1.82. The van der Waals surface area contributed by atoms with Crippen LogP contribution in [0.2, 0.25) is 0 Å². The molecular formula is C10H16BrNO2. The summed E-state index contributed by atoms with van der Waals surface area (Å²) in [7, 11) is 0. The van der Waals surface area contributed by atoms with Crippen LogP contribution in [0.25, 0.3) is 0 Å². The monoisotopic (exact) mass is 261 g/mol.